The van der Waals surface area contributed by atoms with Gasteiger partial charge in [-0.3, -0.25) is 52.7 Å². The lowest BCUT2D eigenvalue weighted by Crippen LogP contribution is -2.54. The zero-order valence-corrected chi connectivity index (χ0v) is 75.6. The molecular weight excluding hydrogens is 1650 g/mol. The minimum atomic E-state index is -0.806. The van der Waals surface area contributed by atoms with E-state index < -0.39 is 124 Å². The van der Waals surface area contributed by atoms with E-state index in [-0.39, 0.29) is 256 Å². The van der Waals surface area contributed by atoms with Crippen LogP contribution in [-0.4, -0.2) is 556 Å². The molecule has 11 amide bonds. The Balaban J connectivity index is 7.53. The molecule has 0 aliphatic heterocycles. The lowest BCUT2D eigenvalue weighted by molar-refractivity contribution is -0.149. The normalized spacial score (nSPS) is 11.2. The van der Waals surface area contributed by atoms with Crippen LogP contribution >= 0.6 is 0 Å². The van der Waals surface area contributed by atoms with E-state index >= 15 is 0 Å². The van der Waals surface area contributed by atoms with Gasteiger partial charge < -0.3 is 179 Å². The lowest BCUT2D eigenvalue weighted by Gasteiger charge is -2.33. The number of hydrogen-bond acceptors (Lipinski definition) is 36. The second-order valence-corrected chi connectivity index (χ2v) is 27.3. The Hall–Kier alpha value is -6.83. The number of carbonyl (C=O) groups excluding carboxylic acids is 11. The van der Waals surface area contributed by atoms with Gasteiger partial charge >= 0.3 is 0 Å². The van der Waals surface area contributed by atoms with Gasteiger partial charge in [-0.25, -0.2) is 0 Å². The molecule has 47 nitrogen and oxygen atoms in total. The lowest BCUT2D eigenvalue weighted by atomic mass is 10.3. The van der Waals surface area contributed by atoms with E-state index in [1.165, 1.54) is 48.0 Å². The molecular formula is C78H154N18O29. The van der Waals surface area contributed by atoms with Crippen LogP contribution in [0.15, 0.2) is 0 Å². The molecule has 47 heteroatoms. The third-order valence-electron chi connectivity index (χ3n) is 18.0. The summed E-state index contributed by atoms with van der Waals surface area (Å²) in [6, 6.07) is 0. The maximum Gasteiger partial charge on any atom is 0.242 e. The van der Waals surface area contributed by atoms with Gasteiger partial charge in [0.15, 0.2) is 0 Å². The SMILES string of the molecule is CCN(CCOCCOCCOC)C(=O)CN(CCN)C(=O)CN(CCOCCOCCOC)C(=O)CN(CCN)C(=O)CN(CCOCCOCCOC)C(=O)CN(CCN)C(=O)CN(CCOCCOCCOC)C(=O)CN(CCN)C(=O)CN(CCOCCOCCOC)C(=O)CN(CCN)C(=O)CN(CCOCCOCCOC)C(=O)CNCCN. The minimum absolute atomic E-state index is 0.0122. The van der Waals surface area contributed by atoms with E-state index in [0.29, 0.717) is 79.2 Å². The van der Waals surface area contributed by atoms with Crippen LogP contribution in [0.4, 0.5) is 0 Å². The molecule has 0 fully saturated rings. The van der Waals surface area contributed by atoms with Crippen LogP contribution in [0.5, 0.6) is 0 Å². The number of nitrogens with one attached hydrogen (secondary N) is 1. The average Bonchev–Trinajstić information content (AvgIpc) is 0.861. The molecule has 0 spiro atoms. The van der Waals surface area contributed by atoms with Crippen molar-refractivity contribution in [1.29, 1.82) is 0 Å². The molecule has 0 saturated carbocycles. The van der Waals surface area contributed by atoms with Crippen molar-refractivity contribution in [1.82, 2.24) is 59.2 Å². The van der Waals surface area contributed by atoms with Crippen LogP contribution in [-0.2, 0) is 138 Å². The highest BCUT2D eigenvalue weighted by atomic mass is 16.6. The van der Waals surface area contributed by atoms with Crippen molar-refractivity contribution in [2.75, 3.05) is 437 Å². The maximum atomic E-state index is 14.9. The van der Waals surface area contributed by atoms with Crippen molar-refractivity contribution >= 4 is 65.0 Å². The van der Waals surface area contributed by atoms with Crippen molar-refractivity contribution in [2.45, 2.75) is 6.92 Å². The van der Waals surface area contributed by atoms with Crippen molar-refractivity contribution in [2.24, 2.45) is 34.4 Å². The van der Waals surface area contributed by atoms with Crippen molar-refractivity contribution in [3.63, 3.8) is 0 Å². The summed E-state index contributed by atoms with van der Waals surface area (Å²) in [5.74, 6) is -7.57. The van der Waals surface area contributed by atoms with Crippen LogP contribution < -0.4 is 39.7 Å². The Morgan fingerprint density at radius 1 is 0.192 bits per heavy atom. The van der Waals surface area contributed by atoms with Gasteiger partial charge in [0, 0.05) is 167 Å². The first-order valence-electron chi connectivity index (χ1n) is 42.5. The average molecular weight is 1810 g/mol. The quantitative estimate of drug-likeness (QED) is 0.0278. The fraction of sp³-hybridized carbons (Fsp3) is 0.859. The number of ether oxygens (including phenoxy) is 18. The molecule has 0 saturated heterocycles. The summed E-state index contributed by atoms with van der Waals surface area (Å²) >= 11 is 0. The first-order chi connectivity index (χ1) is 60.7. The van der Waals surface area contributed by atoms with Gasteiger partial charge in [0.2, 0.25) is 65.0 Å². The number of likely N-dealkylation sites (N-methyl/N-ethyl adjacent to an activating group) is 1. The molecule has 0 aromatic heterocycles. The molecule has 0 aromatic rings. The summed E-state index contributed by atoms with van der Waals surface area (Å²) in [7, 11) is 9.20. The molecule has 0 unspecified atom stereocenters. The van der Waals surface area contributed by atoms with Crippen molar-refractivity contribution in [3.05, 3.63) is 0 Å². The topological polar surface area (TPSA) is 558 Å². The second-order valence-electron chi connectivity index (χ2n) is 27.3. The third kappa shape index (κ3) is 61.3. The van der Waals surface area contributed by atoms with Crippen LogP contribution in [0.3, 0.4) is 0 Å². The fourth-order valence-electron chi connectivity index (χ4n) is 11.0. The predicted octanol–water partition coefficient (Wildman–Crippen LogP) is -9.46. The summed E-state index contributed by atoms with van der Waals surface area (Å²) < 4.78 is 98.0. The van der Waals surface area contributed by atoms with E-state index in [1.54, 1.807) is 21.1 Å². The molecule has 0 radical (unpaired) electrons. The zero-order valence-electron chi connectivity index (χ0n) is 75.6. The number of methoxy groups -OCH3 is 6. The van der Waals surface area contributed by atoms with Gasteiger partial charge in [0.05, 0.1) is 270 Å². The Morgan fingerprint density at radius 2 is 0.336 bits per heavy atom. The third-order valence-corrected chi connectivity index (χ3v) is 18.0. The predicted molar refractivity (Wildman–Crippen MR) is 456 cm³/mol. The fourth-order valence-corrected chi connectivity index (χ4v) is 11.0. The van der Waals surface area contributed by atoms with Gasteiger partial charge in [-0.1, -0.05) is 0 Å². The summed E-state index contributed by atoms with van der Waals surface area (Å²) in [6.45, 7) is -0.407. The van der Waals surface area contributed by atoms with E-state index in [1.807, 2.05) is 0 Å². The number of hydrogen-bond donors (Lipinski definition) is 7. The highest BCUT2D eigenvalue weighted by Gasteiger charge is 2.33. The highest BCUT2D eigenvalue weighted by molar-refractivity contribution is 5.94. The van der Waals surface area contributed by atoms with Crippen molar-refractivity contribution in [3.8, 4) is 0 Å². The number of rotatable bonds is 89. The summed E-state index contributed by atoms with van der Waals surface area (Å²) in [5, 5.41) is 2.93. The van der Waals surface area contributed by atoms with Gasteiger partial charge in [-0.2, -0.15) is 0 Å². The number of nitrogens with two attached hydrogens (primary N) is 6. The maximum absolute atomic E-state index is 14.9. The Morgan fingerprint density at radius 3 is 0.496 bits per heavy atom. The highest BCUT2D eigenvalue weighted by Crippen LogP contribution is 2.09. The van der Waals surface area contributed by atoms with E-state index in [0.717, 1.165) is 34.3 Å². The van der Waals surface area contributed by atoms with E-state index in [9.17, 15) is 52.7 Å². The molecule has 0 bridgehead atoms. The number of carbonyl (C=O) groups is 11. The molecule has 0 aliphatic carbocycles. The first kappa shape index (κ1) is 118. The monoisotopic (exact) mass is 1810 g/mol. The smallest absolute Gasteiger partial charge is 0.242 e. The molecule has 0 aromatic carbocycles. The van der Waals surface area contributed by atoms with Gasteiger partial charge in [0.25, 0.3) is 0 Å². The van der Waals surface area contributed by atoms with E-state index in [4.69, 9.17) is 120 Å². The zero-order chi connectivity index (χ0) is 92.6. The standard InChI is InChI=1S/C78H154N18O29/c1-8-86(21-27-114-45-51-120-39-33-108-2)69(98)58-87(16-10-80)71(100)64-93(23-29-116-47-53-122-41-35-110-4)76(105)60-89(18-12-82)73(102)66-95(25-31-118-49-55-124-43-37-112-6)78(107)62-91(20-14-84)74(103)67-96(26-32-119-50-56-125-44-38-113-7)77(106)61-90(19-13-83)72(101)65-94(24-30-117-48-54-123-42-36-111-5)75(104)59-88(17-11-81)70(99)63-92(68(97)57-85-15-9-79)22-28-115-46-52-121-40-34-109-3/h85H,8-67,79-84H2,1-7H3. The molecule has 13 N–H and O–H groups in total. The summed E-state index contributed by atoms with van der Waals surface area (Å²) in [5.41, 5.74) is 36.0. The van der Waals surface area contributed by atoms with E-state index in [2.05, 4.69) is 5.32 Å². The molecule has 0 heterocycles. The van der Waals surface area contributed by atoms with Crippen LogP contribution in [0.2, 0.25) is 0 Å². The molecule has 730 valence electrons. The minimum Gasteiger partial charge on any atom is -0.382 e. The largest absolute Gasteiger partial charge is 0.382 e. The summed E-state index contributed by atoms with van der Waals surface area (Å²) in [4.78, 5) is 173. The van der Waals surface area contributed by atoms with Gasteiger partial charge in [-0.05, 0) is 6.92 Å². The number of nitrogens with zero attached hydrogens (tertiary/aromatic N) is 11. The Bertz CT molecular complexity index is 2780. The Labute approximate surface area is 738 Å². The second kappa shape index (κ2) is 82.8. The molecule has 125 heavy (non-hydrogen) atoms. The van der Waals surface area contributed by atoms with Gasteiger partial charge in [-0.15, -0.1) is 0 Å². The number of amides is 11. The summed E-state index contributed by atoms with van der Waals surface area (Å²) in [6.07, 6.45) is 0. The van der Waals surface area contributed by atoms with Crippen LogP contribution in [0.25, 0.3) is 0 Å². The van der Waals surface area contributed by atoms with Crippen molar-refractivity contribution < 1.29 is 138 Å². The Kier molecular flexibility index (Phi) is 78.3. The molecule has 0 aliphatic rings. The molecule has 0 rings (SSSR count). The molecule has 0 atom stereocenters. The van der Waals surface area contributed by atoms with Crippen LogP contribution in [0.1, 0.15) is 6.92 Å². The van der Waals surface area contributed by atoms with Gasteiger partial charge in [0.1, 0.15) is 0 Å². The first-order valence-corrected chi connectivity index (χ1v) is 42.5. The van der Waals surface area contributed by atoms with Crippen LogP contribution in [0, 0.1) is 0 Å².